The van der Waals surface area contributed by atoms with Crippen LogP contribution in [0.25, 0.3) is 115 Å². The van der Waals surface area contributed by atoms with Gasteiger partial charge in [0.25, 0.3) is 0 Å². The number of nitrogens with zero attached hydrogens (tertiary/aromatic N) is 2. The molecule has 70 heavy (non-hydrogen) atoms. The second kappa shape index (κ2) is 16.2. The molecular formula is C68H44N2. The van der Waals surface area contributed by atoms with Gasteiger partial charge in [0.05, 0.1) is 11.0 Å². The fourth-order valence-electron chi connectivity index (χ4n) is 11.3. The van der Waals surface area contributed by atoms with Gasteiger partial charge >= 0.3 is 0 Å². The smallest absolute Gasteiger partial charge is 0.0547 e. The predicted molar refractivity (Wildman–Crippen MR) is 299 cm³/mol. The zero-order valence-electron chi connectivity index (χ0n) is 38.3. The molecule has 13 aromatic carbocycles. The highest BCUT2D eigenvalue weighted by Crippen LogP contribution is 2.44. The van der Waals surface area contributed by atoms with Crippen molar-refractivity contribution >= 4 is 92.7 Å². The lowest BCUT2D eigenvalue weighted by molar-refractivity contribution is 1.18. The van der Waals surface area contributed by atoms with Gasteiger partial charge in [0, 0.05) is 33.5 Å². The molecule has 0 saturated heterocycles. The maximum Gasteiger partial charge on any atom is 0.0547 e. The molecule has 0 aliphatic rings. The van der Waals surface area contributed by atoms with Gasteiger partial charge in [-0.2, -0.15) is 0 Å². The van der Waals surface area contributed by atoms with Crippen LogP contribution >= 0.6 is 0 Å². The van der Waals surface area contributed by atoms with Gasteiger partial charge in [-0.15, -0.1) is 0 Å². The minimum absolute atomic E-state index is 1.08. The van der Waals surface area contributed by atoms with Crippen LogP contribution in [0, 0.1) is 0 Å². The Morgan fingerprint density at radius 3 is 1.31 bits per heavy atom. The largest absolute Gasteiger partial charge is 0.310 e. The number of anilines is 3. The van der Waals surface area contributed by atoms with Crippen LogP contribution in [0.5, 0.6) is 0 Å². The molecule has 2 nitrogen and oxygen atoms in total. The summed E-state index contributed by atoms with van der Waals surface area (Å²) in [5, 5.41) is 15.0. The summed E-state index contributed by atoms with van der Waals surface area (Å²) in [5.74, 6) is 0. The third-order valence-electron chi connectivity index (χ3n) is 14.5. The van der Waals surface area contributed by atoms with Gasteiger partial charge in [-0.25, -0.2) is 0 Å². The molecule has 0 N–H and O–H groups in total. The lowest BCUT2D eigenvalue weighted by atomic mass is 9.93. The summed E-state index contributed by atoms with van der Waals surface area (Å²) >= 11 is 0. The van der Waals surface area contributed by atoms with Crippen LogP contribution in [0.2, 0.25) is 0 Å². The first-order valence-corrected chi connectivity index (χ1v) is 24.2. The van der Waals surface area contributed by atoms with E-state index in [1.54, 1.807) is 0 Å². The van der Waals surface area contributed by atoms with Crippen LogP contribution in [-0.2, 0) is 0 Å². The number of aromatic nitrogens is 1. The third-order valence-corrected chi connectivity index (χ3v) is 14.5. The van der Waals surface area contributed by atoms with E-state index in [4.69, 9.17) is 0 Å². The first-order chi connectivity index (χ1) is 34.7. The summed E-state index contributed by atoms with van der Waals surface area (Å²) in [5.41, 5.74) is 14.0. The van der Waals surface area contributed by atoms with Crippen LogP contribution in [0.15, 0.2) is 267 Å². The Kier molecular flexibility index (Phi) is 9.25. The Hall–Kier alpha value is -9.24. The molecule has 0 radical (unpaired) electrons. The second-order valence-electron chi connectivity index (χ2n) is 18.4. The molecule has 0 bridgehead atoms. The highest BCUT2D eigenvalue weighted by atomic mass is 15.1. The fraction of sp³-hybridized carbons (Fsp3) is 0. The zero-order valence-corrected chi connectivity index (χ0v) is 38.3. The SMILES string of the molecule is c1ccc(-n2c3cc4ccccc4cc3c3c(-c4cccc(N(c5ccc(-c6cc7ccccc7c7ccccc67)cc5)c5ccc(-c6cc7ccccc7c7ccccc67)cc5)c4)cccc32)cc1. The van der Waals surface area contributed by atoms with E-state index in [-0.39, 0.29) is 0 Å². The van der Waals surface area contributed by atoms with Crippen molar-refractivity contribution in [2.24, 2.45) is 0 Å². The fourth-order valence-corrected chi connectivity index (χ4v) is 11.3. The zero-order chi connectivity index (χ0) is 46.1. The monoisotopic (exact) mass is 888 g/mol. The molecule has 0 saturated carbocycles. The average molecular weight is 889 g/mol. The third kappa shape index (κ3) is 6.49. The van der Waals surface area contributed by atoms with E-state index in [1.165, 1.54) is 103 Å². The summed E-state index contributed by atoms with van der Waals surface area (Å²) in [6, 6.07) is 98.1. The first kappa shape index (κ1) is 39.9. The van der Waals surface area contributed by atoms with Crippen molar-refractivity contribution in [2.45, 2.75) is 0 Å². The van der Waals surface area contributed by atoms with Crippen LogP contribution in [0.1, 0.15) is 0 Å². The molecule has 1 aromatic heterocycles. The van der Waals surface area contributed by atoms with Crippen molar-refractivity contribution in [3.63, 3.8) is 0 Å². The minimum Gasteiger partial charge on any atom is -0.310 e. The van der Waals surface area contributed by atoms with Gasteiger partial charge in [-0.3, -0.25) is 0 Å². The molecule has 0 fully saturated rings. The highest BCUT2D eigenvalue weighted by molar-refractivity contribution is 6.19. The number of benzene rings is 13. The number of hydrogen-bond acceptors (Lipinski definition) is 1. The summed E-state index contributed by atoms with van der Waals surface area (Å²) < 4.78 is 2.43. The molecule has 326 valence electrons. The first-order valence-electron chi connectivity index (χ1n) is 24.2. The molecule has 14 rings (SSSR count). The topological polar surface area (TPSA) is 8.17 Å². The summed E-state index contributed by atoms with van der Waals surface area (Å²) in [6.45, 7) is 0. The highest BCUT2D eigenvalue weighted by Gasteiger charge is 2.20. The van der Waals surface area contributed by atoms with Crippen LogP contribution < -0.4 is 4.90 Å². The average Bonchev–Trinajstić information content (AvgIpc) is 3.76. The second-order valence-corrected chi connectivity index (χ2v) is 18.4. The standard InChI is InChI=1S/C68H44N2/c1-2-21-52(22-3-1)70-66-31-15-30-58(68(66)65-41-47-16-4-5-17-48(47)44-67(65)70)49-20-14-23-55(40-49)69(53-36-32-45(33-37-53)63-42-50-18-6-8-24-56(50)59-26-10-12-28-61(59)63)54-38-34-46(35-39-54)64-43-51-19-7-9-25-57(51)60-27-11-13-29-62(60)64/h1-44H. The van der Waals surface area contributed by atoms with E-state index in [9.17, 15) is 0 Å². The minimum atomic E-state index is 1.08. The van der Waals surface area contributed by atoms with Gasteiger partial charge in [0.15, 0.2) is 0 Å². The number of rotatable bonds is 7. The Labute approximate surface area is 406 Å². The Morgan fingerprint density at radius 1 is 0.243 bits per heavy atom. The molecule has 0 atom stereocenters. The van der Waals surface area contributed by atoms with Gasteiger partial charge in [0.1, 0.15) is 0 Å². The van der Waals surface area contributed by atoms with Crippen LogP contribution in [0.3, 0.4) is 0 Å². The molecule has 0 amide bonds. The van der Waals surface area contributed by atoms with E-state index in [0.29, 0.717) is 0 Å². The number of para-hydroxylation sites is 1. The Bertz CT molecular complexity index is 4170. The van der Waals surface area contributed by atoms with Crippen LogP contribution in [0.4, 0.5) is 17.1 Å². The number of hydrogen-bond donors (Lipinski definition) is 0. The summed E-state index contributed by atoms with van der Waals surface area (Å²) in [7, 11) is 0. The van der Waals surface area contributed by atoms with Gasteiger partial charge < -0.3 is 9.47 Å². The quantitative estimate of drug-likeness (QED) is 0.145. The van der Waals surface area contributed by atoms with E-state index in [0.717, 1.165) is 28.3 Å². The maximum atomic E-state index is 2.43. The van der Waals surface area contributed by atoms with E-state index < -0.39 is 0 Å². The van der Waals surface area contributed by atoms with Crippen molar-refractivity contribution in [3.8, 4) is 39.1 Å². The molecule has 2 heteroatoms. The Morgan fingerprint density at radius 2 is 0.729 bits per heavy atom. The van der Waals surface area contributed by atoms with Crippen molar-refractivity contribution in [1.82, 2.24) is 4.57 Å². The molecule has 0 unspecified atom stereocenters. The van der Waals surface area contributed by atoms with Gasteiger partial charge in [0.2, 0.25) is 0 Å². The molecule has 0 aliphatic carbocycles. The number of fused-ring (bicyclic) bond motifs is 10. The van der Waals surface area contributed by atoms with Crippen molar-refractivity contribution in [3.05, 3.63) is 267 Å². The summed E-state index contributed by atoms with van der Waals surface area (Å²) in [4.78, 5) is 2.41. The molecule has 14 aromatic rings. The lowest BCUT2D eigenvalue weighted by Gasteiger charge is -2.27. The van der Waals surface area contributed by atoms with E-state index in [2.05, 4.69) is 276 Å². The van der Waals surface area contributed by atoms with Crippen molar-refractivity contribution < 1.29 is 0 Å². The summed E-state index contributed by atoms with van der Waals surface area (Å²) in [6.07, 6.45) is 0. The Balaban J connectivity index is 0.942. The van der Waals surface area contributed by atoms with Crippen LogP contribution in [-0.4, -0.2) is 4.57 Å². The maximum absolute atomic E-state index is 2.43. The van der Waals surface area contributed by atoms with E-state index >= 15 is 0 Å². The van der Waals surface area contributed by atoms with Crippen molar-refractivity contribution in [2.75, 3.05) is 4.90 Å². The van der Waals surface area contributed by atoms with Crippen molar-refractivity contribution in [1.29, 1.82) is 0 Å². The molecule has 1 heterocycles. The molecule has 0 aliphatic heterocycles. The predicted octanol–water partition coefficient (Wildman–Crippen LogP) is 19.0. The van der Waals surface area contributed by atoms with Gasteiger partial charge in [-0.05, 0) is 166 Å². The lowest BCUT2D eigenvalue weighted by Crippen LogP contribution is -2.10. The van der Waals surface area contributed by atoms with E-state index in [1.807, 2.05) is 0 Å². The molecule has 0 spiro atoms. The normalized spacial score (nSPS) is 11.7. The van der Waals surface area contributed by atoms with Gasteiger partial charge in [-0.1, -0.05) is 188 Å². The molecular weight excluding hydrogens is 845 g/mol.